The van der Waals surface area contributed by atoms with Gasteiger partial charge in [0.15, 0.2) is 5.11 Å². The zero-order valence-corrected chi connectivity index (χ0v) is 7.29. The highest BCUT2D eigenvalue weighted by Crippen LogP contribution is 2.01. The molecule has 64 valence electrons. The van der Waals surface area contributed by atoms with E-state index >= 15 is 0 Å². The molecule has 0 aliphatic carbocycles. The number of nitrogens with one attached hydrogen (secondary N) is 1. The zero-order chi connectivity index (χ0) is 8.97. The van der Waals surface area contributed by atoms with Crippen LogP contribution in [-0.2, 0) is 0 Å². The van der Waals surface area contributed by atoms with Crippen molar-refractivity contribution < 1.29 is 0 Å². The average Bonchev–Trinajstić information content (AvgIpc) is 2.51. The van der Waals surface area contributed by atoms with Gasteiger partial charge in [0.1, 0.15) is 6.17 Å². The molecule has 1 unspecified atom stereocenters. The summed E-state index contributed by atoms with van der Waals surface area (Å²) in [5.41, 5.74) is 5.31. The summed E-state index contributed by atoms with van der Waals surface area (Å²) in [7, 11) is 0. The van der Waals surface area contributed by atoms with E-state index in [1.807, 2.05) is 4.57 Å². The van der Waals surface area contributed by atoms with Crippen molar-refractivity contribution in [1.82, 2.24) is 14.9 Å². The Hall–Kier alpha value is -1.36. The molecule has 0 saturated carbocycles. The van der Waals surface area contributed by atoms with E-state index in [9.17, 15) is 0 Å². The Morgan fingerprint density at radius 3 is 3.00 bits per heavy atom. The molecular weight excluding hydrogens is 172 g/mol. The van der Waals surface area contributed by atoms with Gasteiger partial charge in [-0.25, -0.2) is 4.98 Å². The summed E-state index contributed by atoms with van der Waals surface area (Å²) in [6, 6.07) is 0. The second-order valence-electron chi connectivity index (χ2n) is 2.20. The van der Waals surface area contributed by atoms with E-state index in [1.165, 1.54) is 0 Å². The summed E-state index contributed by atoms with van der Waals surface area (Å²) in [6.07, 6.45) is 6.72. The lowest BCUT2D eigenvalue weighted by Crippen LogP contribution is -2.34. The van der Waals surface area contributed by atoms with Crippen molar-refractivity contribution in [3.63, 3.8) is 0 Å². The average molecular weight is 182 g/mol. The van der Waals surface area contributed by atoms with Crippen LogP contribution in [0.4, 0.5) is 0 Å². The maximum Gasteiger partial charge on any atom is 0.165 e. The summed E-state index contributed by atoms with van der Waals surface area (Å²) < 4.78 is 1.81. The highest BCUT2D eigenvalue weighted by Gasteiger charge is 2.03. The van der Waals surface area contributed by atoms with Crippen molar-refractivity contribution in [1.29, 1.82) is 0 Å². The second kappa shape index (κ2) is 3.87. The van der Waals surface area contributed by atoms with Gasteiger partial charge >= 0.3 is 0 Å². The van der Waals surface area contributed by atoms with Gasteiger partial charge in [-0.2, -0.15) is 0 Å². The van der Waals surface area contributed by atoms with E-state index in [-0.39, 0.29) is 11.3 Å². The molecule has 1 aromatic rings. The lowest BCUT2D eigenvalue weighted by atomic mass is 10.5. The molecule has 0 saturated heterocycles. The van der Waals surface area contributed by atoms with E-state index < -0.39 is 0 Å². The molecule has 3 N–H and O–H groups in total. The van der Waals surface area contributed by atoms with Crippen LogP contribution in [0, 0.1) is 0 Å². The van der Waals surface area contributed by atoms with Crippen LogP contribution in [0.15, 0.2) is 31.4 Å². The molecule has 0 aromatic carbocycles. The standard InChI is InChI=1S/C7H10N4S/c1-2-6(10-7(8)12)11-4-3-9-5-11/h2-6H,1H2,(H3,8,10,12). The van der Waals surface area contributed by atoms with E-state index in [2.05, 4.69) is 16.9 Å². The van der Waals surface area contributed by atoms with Crippen LogP contribution < -0.4 is 11.1 Å². The number of hydrogen-bond donors (Lipinski definition) is 2. The highest BCUT2D eigenvalue weighted by atomic mass is 32.1. The van der Waals surface area contributed by atoms with Gasteiger partial charge in [-0.15, -0.1) is 0 Å². The van der Waals surface area contributed by atoms with Crippen molar-refractivity contribution >= 4 is 17.3 Å². The smallest absolute Gasteiger partial charge is 0.165 e. The molecule has 12 heavy (non-hydrogen) atoms. The van der Waals surface area contributed by atoms with Gasteiger partial charge in [0.05, 0.1) is 6.33 Å². The molecule has 0 amide bonds. The first-order valence-electron chi connectivity index (χ1n) is 3.40. The van der Waals surface area contributed by atoms with Crippen LogP contribution in [0.1, 0.15) is 6.17 Å². The third kappa shape index (κ3) is 2.06. The topological polar surface area (TPSA) is 55.9 Å². The van der Waals surface area contributed by atoms with E-state index in [1.54, 1.807) is 24.8 Å². The van der Waals surface area contributed by atoms with Crippen LogP contribution in [0.25, 0.3) is 0 Å². The molecule has 1 rings (SSSR count). The van der Waals surface area contributed by atoms with Crippen LogP contribution in [0.2, 0.25) is 0 Å². The fourth-order valence-corrected chi connectivity index (χ4v) is 0.956. The number of imidazole rings is 1. The van der Waals surface area contributed by atoms with Gasteiger partial charge in [-0.1, -0.05) is 6.58 Å². The van der Waals surface area contributed by atoms with Crippen LogP contribution in [0.3, 0.4) is 0 Å². The summed E-state index contributed by atoms with van der Waals surface area (Å²) in [5, 5.41) is 3.09. The normalized spacial score (nSPS) is 12.0. The molecule has 0 fully saturated rings. The van der Waals surface area contributed by atoms with E-state index in [4.69, 9.17) is 18.0 Å². The quantitative estimate of drug-likeness (QED) is 0.525. The fourth-order valence-electron chi connectivity index (χ4n) is 0.835. The molecule has 5 heteroatoms. The predicted molar refractivity (Wildman–Crippen MR) is 51.4 cm³/mol. The Morgan fingerprint density at radius 2 is 2.58 bits per heavy atom. The maximum atomic E-state index is 5.31. The molecule has 1 atom stereocenters. The van der Waals surface area contributed by atoms with Crippen LogP contribution in [0.5, 0.6) is 0 Å². The summed E-state index contributed by atoms with van der Waals surface area (Å²) >= 11 is 4.70. The highest BCUT2D eigenvalue weighted by molar-refractivity contribution is 7.80. The first-order valence-corrected chi connectivity index (χ1v) is 3.81. The second-order valence-corrected chi connectivity index (χ2v) is 2.64. The number of nitrogens with zero attached hydrogens (tertiary/aromatic N) is 2. The largest absolute Gasteiger partial charge is 0.376 e. The Bertz CT molecular complexity index is 267. The Balaban J connectivity index is 2.69. The monoisotopic (exact) mass is 182 g/mol. The Kier molecular flexibility index (Phi) is 2.82. The summed E-state index contributed by atoms with van der Waals surface area (Å²) in [4.78, 5) is 3.89. The minimum absolute atomic E-state index is 0.120. The molecule has 0 radical (unpaired) electrons. The van der Waals surface area contributed by atoms with Crippen molar-refractivity contribution in [2.24, 2.45) is 5.73 Å². The lowest BCUT2D eigenvalue weighted by Gasteiger charge is -2.15. The van der Waals surface area contributed by atoms with Crippen LogP contribution >= 0.6 is 12.2 Å². The van der Waals surface area contributed by atoms with Gasteiger partial charge in [0.25, 0.3) is 0 Å². The zero-order valence-electron chi connectivity index (χ0n) is 6.47. The Labute approximate surface area is 76.1 Å². The number of rotatable bonds is 3. The van der Waals surface area contributed by atoms with Crippen LogP contribution in [-0.4, -0.2) is 14.7 Å². The molecule has 4 nitrogen and oxygen atoms in total. The summed E-state index contributed by atoms with van der Waals surface area (Å²) in [6.45, 7) is 3.64. The molecule has 0 aliphatic heterocycles. The summed E-state index contributed by atoms with van der Waals surface area (Å²) in [5.74, 6) is 0. The maximum absolute atomic E-state index is 5.31. The number of hydrogen-bond acceptors (Lipinski definition) is 2. The van der Waals surface area contributed by atoms with Crippen molar-refractivity contribution in [3.05, 3.63) is 31.4 Å². The fraction of sp³-hybridized carbons (Fsp3) is 0.143. The van der Waals surface area contributed by atoms with E-state index in [0.29, 0.717) is 0 Å². The SMILES string of the molecule is C=CC(NC(N)=S)n1ccnc1. The molecule has 0 spiro atoms. The molecule has 0 aliphatic rings. The third-order valence-corrected chi connectivity index (χ3v) is 1.48. The number of nitrogens with two attached hydrogens (primary N) is 1. The van der Waals surface area contributed by atoms with Gasteiger partial charge < -0.3 is 15.6 Å². The van der Waals surface area contributed by atoms with Gasteiger partial charge in [-0.3, -0.25) is 0 Å². The van der Waals surface area contributed by atoms with Gasteiger partial charge in [0.2, 0.25) is 0 Å². The van der Waals surface area contributed by atoms with E-state index in [0.717, 1.165) is 0 Å². The van der Waals surface area contributed by atoms with Crippen molar-refractivity contribution in [2.45, 2.75) is 6.17 Å². The molecule has 0 bridgehead atoms. The van der Waals surface area contributed by atoms with Crippen molar-refractivity contribution in [3.8, 4) is 0 Å². The minimum Gasteiger partial charge on any atom is -0.376 e. The third-order valence-electron chi connectivity index (χ3n) is 1.36. The molecule has 1 aromatic heterocycles. The first-order chi connectivity index (χ1) is 5.74. The molecule has 1 heterocycles. The van der Waals surface area contributed by atoms with Crippen molar-refractivity contribution in [2.75, 3.05) is 0 Å². The molecular formula is C7H10N4S. The number of aromatic nitrogens is 2. The first kappa shape index (κ1) is 8.73. The predicted octanol–water partition coefficient (Wildman–Crippen LogP) is 0.401. The van der Waals surface area contributed by atoms with Gasteiger partial charge in [0, 0.05) is 12.4 Å². The number of thiocarbonyl (C=S) groups is 1. The lowest BCUT2D eigenvalue weighted by molar-refractivity contribution is 0.571. The Morgan fingerprint density at radius 1 is 1.83 bits per heavy atom. The minimum atomic E-state index is -0.120. The van der Waals surface area contributed by atoms with Gasteiger partial charge in [-0.05, 0) is 18.3 Å².